The van der Waals surface area contributed by atoms with Crippen LogP contribution in [0.2, 0.25) is 0 Å². The van der Waals surface area contributed by atoms with Crippen LogP contribution in [0.1, 0.15) is 0 Å². The minimum absolute atomic E-state index is 0.0596. The lowest BCUT2D eigenvalue weighted by molar-refractivity contribution is 0.449. The maximum absolute atomic E-state index is 10.3. The lowest BCUT2D eigenvalue weighted by Gasteiger charge is -1.84. The molecule has 0 radical (unpaired) electrons. The van der Waals surface area contributed by atoms with Crippen molar-refractivity contribution in [3.8, 4) is 5.88 Å². The Hall–Kier alpha value is -0.460. The minimum Gasteiger partial charge on any atom is -0.493 e. The Morgan fingerprint density at radius 1 is 1.88 bits per heavy atom. The molecule has 1 heterocycles. The van der Waals surface area contributed by atoms with E-state index in [0.29, 0.717) is 0 Å². The van der Waals surface area contributed by atoms with Gasteiger partial charge >= 0.3 is 0 Å². The molecule has 2 N–H and O–H groups in total. The summed E-state index contributed by atoms with van der Waals surface area (Å²) < 4.78 is 1.21. The largest absolute Gasteiger partial charge is 0.493 e. The van der Waals surface area contributed by atoms with Crippen molar-refractivity contribution >= 4 is 22.9 Å². The maximum atomic E-state index is 10.3. The molecule has 0 bridgehead atoms. The fraction of sp³-hybridized carbons (Fsp3) is 0. The predicted octanol–water partition coefficient (Wildman–Crippen LogP) is 0.0801. The summed E-state index contributed by atoms with van der Waals surface area (Å²) in [4.78, 5) is 10.3. The lowest BCUT2D eigenvalue weighted by Crippen LogP contribution is -1.96. The van der Waals surface area contributed by atoms with Crippen LogP contribution < -0.4 is 5.56 Å². The number of H-pyrrole nitrogens is 1. The van der Waals surface area contributed by atoms with Gasteiger partial charge in [0.05, 0.1) is 28.9 Å². The SMILES string of the molecule is O=c1cc(O)n(I)[nH]1. The number of halogens is 1. The minimum atomic E-state index is -0.295. The number of aromatic nitrogens is 2. The number of nitrogens with one attached hydrogen (secondary N) is 1. The molecule has 0 saturated carbocycles. The molecular formula is C3H3IN2O2. The van der Waals surface area contributed by atoms with Crippen molar-refractivity contribution in [2.45, 2.75) is 0 Å². The van der Waals surface area contributed by atoms with Gasteiger partial charge < -0.3 is 5.11 Å². The van der Waals surface area contributed by atoms with E-state index in [4.69, 9.17) is 5.11 Å². The Morgan fingerprint density at radius 2 is 2.50 bits per heavy atom. The topological polar surface area (TPSA) is 58.0 Å². The third-order valence-electron chi connectivity index (χ3n) is 0.670. The van der Waals surface area contributed by atoms with Gasteiger partial charge in [-0.1, -0.05) is 0 Å². The van der Waals surface area contributed by atoms with E-state index in [9.17, 15) is 4.79 Å². The van der Waals surface area contributed by atoms with E-state index in [2.05, 4.69) is 5.10 Å². The predicted molar refractivity (Wildman–Crippen MR) is 36.1 cm³/mol. The molecule has 0 aliphatic carbocycles. The Labute approximate surface area is 58.6 Å². The fourth-order valence-electron chi connectivity index (χ4n) is 0.360. The number of nitrogens with zero attached hydrogens (tertiary/aromatic N) is 1. The van der Waals surface area contributed by atoms with E-state index in [-0.39, 0.29) is 11.4 Å². The quantitative estimate of drug-likeness (QED) is 0.615. The second-order valence-electron chi connectivity index (χ2n) is 1.26. The van der Waals surface area contributed by atoms with Crippen LogP contribution >= 0.6 is 22.9 Å². The average Bonchev–Trinajstić information content (AvgIpc) is 1.85. The highest BCUT2D eigenvalue weighted by Gasteiger charge is 1.94. The van der Waals surface area contributed by atoms with E-state index in [1.54, 1.807) is 22.9 Å². The molecule has 0 saturated heterocycles. The standard InChI is InChI=1S/C3H3IN2O2/c4-6-3(8)1-2(7)5-6/h1,8H,(H,5,7). The molecule has 1 rings (SSSR count). The highest BCUT2D eigenvalue weighted by molar-refractivity contribution is 14.1. The first-order chi connectivity index (χ1) is 3.70. The molecule has 0 spiro atoms. The van der Waals surface area contributed by atoms with Gasteiger partial charge in [0, 0.05) is 0 Å². The van der Waals surface area contributed by atoms with Crippen molar-refractivity contribution in [3.05, 3.63) is 16.4 Å². The van der Waals surface area contributed by atoms with Crippen LogP contribution in [0.25, 0.3) is 0 Å². The van der Waals surface area contributed by atoms with Gasteiger partial charge in [-0.25, -0.2) is 0 Å². The van der Waals surface area contributed by atoms with E-state index in [0.717, 1.165) is 6.07 Å². The van der Waals surface area contributed by atoms with Crippen LogP contribution in [0.3, 0.4) is 0 Å². The van der Waals surface area contributed by atoms with Crippen molar-refractivity contribution in [2.75, 3.05) is 0 Å². The van der Waals surface area contributed by atoms with Crippen LogP contribution in [0, 0.1) is 0 Å². The van der Waals surface area contributed by atoms with Crippen molar-refractivity contribution < 1.29 is 5.11 Å². The highest BCUT2D eigenvalue weighted by Crippen LogP contribution is 2.04. The third kappa shape index (κ3) is 0.857. The van der Waals surface area contributed by atoms with Crippen molar-refractivity contribution in [1.82, 2.24) is 7.99 Å². The maximum Gasteiger partial charge on any atom is 0.268 e. The van der Waals surface area contributed by atoms with Gasteiger partial charge in [-0.15, -0.1) is 0 Å². The van der Waals surface area contributed by atoms with Gasteiger partial charge in [-0.2, -0.15) is 2.90 Å². The zero-order valence-corrected chi connectivity index (χ0v) is 5.92. The molecule has 0 atom stereocenters. The number of aromatic amines is 1. The summed E-state index contributed by atoms with van der Waals surface area (Å²) in [7, 11) is 0. The van der Waals surface area contributed by atoms with Crippen molar-refractivity contribution in [3.63, 3.8) is 0 Å². The van der Waals surface area contributed by atoms with Gasteiger partial charge in [0.2, 0.25) is 5.88 Å². The summed E-state index contributed by atoms with van der Waals surface area (Å²) in [5.41, 5.74) is -0.295. The smallest absolute Gasteiger partial charge is 0.268 e. The zero-order valence-electron chi connectivity index (χ0n) is 3.76. The van der Waals surface area contributed by atoms with Gasteiger partial charge in [0.15, 0.2) is 0 Å². The molecule has 4 nitrogen and oxygen atoms in total. The molecule has 0 fully saturated rings. The van der Waals surface area contributed by atoms with E-state index in [1.807, 2.05) is 0 Å². The Morgan fingerprint density at radius 3 is 2.62 bits per heavy atom. The summed E-state index contributed by atoms with van der Waals surface area (Å²) in [6, 6.07) is 1.10. The number of aromatic hydroxyl groups is 1. The summed E-state index contributed by atoms with van der Waals surface area (Å²) in [6.07, 6.45) is 0. The lowest BCUT2D eigenvalue weighted by atomic mass is 10.7. The van der Waals surface area contributed by atoms with Gasteiger partial charge in [-0.3, -0.25) is 9.89 Å². The molecular weight excluding hydrogens is 223 g/mol. The van der Waals surface area contributed by atoms with Crippen LogP contribution in [-0.2, 0) is 0 Å². The third-order valence-corrected chi connectivity index (χ3v) is 1.41. The zero-order chi connectivity index (χ0) is 6.15. The molecule has 0 unspecified atom stereocenters. The number of hydrogen-bond donors (Lipinski definition) is 2. The summed E-state index contributed by atoms with van der Waals surface area (Å²) in [6.45, 7) is 0. The first-order valence-corrected chi connectivity index (χ1v) is 2.84. The molecule has 5 heteroatoms. The summed E-state index contributed by atoms with van der Waals surface area (Å²) >= 11 is 1.76. The van der Waals surface area contributed by atoms with Crippen LogP contribution in [0.4, 0.5) is 0 Å². The van der Waals surface area contributed by atoms with Gasteiger partial charge in [0.1, 0.15) is 0 Å². The monoisotopic (exact) mass is 226 g/mol. The average molecular weight is 226 g/mol. The molecule has 0 aromatic carbocycles. The molecule has 0 aliphatic heterocycles. The normalized spacial score (nSPS) is 9.62. The Bertz CT molecular complexity index is 215. The second kappa shape index (κ2) is 1.81. The molecule has 8 heavy (non-hydrogen) atoms. The number of rotatable bonds is 0. The van der Waals surface area contributed by atoms with Crippen molar-refractivity contribution in [2.24, 2.45) is 0 Å². The van der Waals surface area contributed by atoms with Crippen LogP contribution in [0.15, 0.2) is 10.9 Å². The number of hydrogen-bond acceptors (Lipinski definition) is 2. The van der Waals surface area contributed by atoms with Crippen molar-refractivity contribution in [1.29, 1.82) is 0 Å². The highest BCUT2D eigenvalue weighted by atomic mass is 127. The summed E-state index contributed by atoms with van der Waals surface area (Å²) in [5.74, 6) is -0.0596. The Kier molecular flexibility index (Phi) is 1.28. The molecule has 0 amide bonds. The molecule has 44 valence electrons. The van der Waals surface area contributed by atoms with Crippen LogP contribution in [0.5, 0.6) is 5.88 Å². The Balaban J connectivity index is 3.35. The summed E-state index contributed by atoms with van der Waals surface area (Å²) in [5, 5.41) is 11.0. The second-order valence-corrected chi connectivity index (χ2v) is 2.22. The first kappa shape index (κ1) is 5.67. The van der Waals surface area contributed by atoms with Gasteiger partial charge in [-0.05, 0) is 0 Å². The molecule has 1 aromatic heterocycles. The van der Waals surface area contributed by atoms with E-state index in [1.165, 1.54) is 2.90 Å². The van der Waals surface area contributed by atoms with E-state index >= 15 is 0 Å². The van der Waals surface area contributed by atoms with E-state index < -0.39 is 0 Å². The fourth-order valence-corrected chi connectivity index (χ4v) is 0.737. The first-order valence-electron chi connectivity index (χ1n) is 1.87. The molecule has 0 aliphatic rings. The van der Waals surface area contributed by atoms with Gasteiger partial charge in [0.25, 0.3) is 5.56 Å². The molecule has 1 aromatic rings. The van der Waals surface area contributed by atoms with Crippen LogP contribution in [-0.4, -0.2) is 13.1 Å².